The molecule has 0 saturated carbocycles. The number of hydrogen-bond acceptors (Lipinski definition) is 5. The van der Waals surface area contributed by atoms with E-state index in [2.05, 4.69) is 51.9 Å². The lowest BCUT2D eigenvalue weighted by atomic mass is 9.85. The predicted molar refractivity (Wildman–Crippen MR) is 89.5 cm³/mol. The van der Waals surface area contributed by atoms with E-state index in [0.717, 1.165) is 21.6 Å². The number of nitrogens with zero attached hydrogens (tertiary/aromatic N) is 2. The zero-order chi connectivity index (χ0) is 16.3. The Morgan fingerprint density at radius 3 is 1.62 bits per heavy atom. The molecule has 2 N–H and O–H groups in total. The number of rotatable bonds is 3. The van der Waals surface area contributed by atoms with E-state index in [-0.39, 0.29) is 10.2 Å². The fraction of sp³-hybridized carbons (Fsp3) is 0.500. The maximum absolute atomic E-state index is 8.93. The summed E-state index contributed by atoms with van der Waals surface area (Å²) in [6, 6.07) is 4.03. The molecule has 0 spiro atoms. The third kappa shape index (κ3) is 5.08. The fourth-order valence-corrected chi connectivity index (χ4v) is 2.92. The number of hydrogen-bond donors (Lipinski definition) is 2. The van der Waals surface area contributed by atoms with Gasteiger partial charge in [0.2, 0.25) is 0 Å². The first kappa shape index (κ1) is 17.6. The van der Waals surface area contributed by atoms with Crippen LogP contribution in [0.3, 0.4) is 0 Å². The van der Waals surface area contributed by atoms with Crippen molar-refractivity contribution in [3.63, 3.8) is 0 Å². The minimum absolute atomic E-state index is 0.0145. The van der Waals surface area contributed by atoms with Crippen LogP contribution in [-0.4, -0.2) is 27.6 Å². The molecule has 0 aliphatic heterocycles. The molecule has 21 heavy (non-hydrogen) atoms. The summed E-state index contributed by atoms with van der Waals surface area (Å²) >= 11 is 1.65. The van der Waals surface area contributed by atoms with Crippen LogP contribution >= 0.6 is 11.8 Å². The quantitative estimate of drug-likeness (QED) is 0.374. The molecular formula is C16H24N2O2S. The lowest BCUT2D eigenvalue weighted by Gasteiger charge is -2.25. The Labute approximate surface area is 130 Å². The Bertz CT molecular complexity index is 519. The van der Waals surface area contributed by atoms with Crippen LogP contribution in [0.25, 0.3) is 0 Å². The summed E-state index contributed by atoms with van der Waals surface area (Å²) in [6.07, 6.45) is 2.86. The van der Waals surface area contributed by atoms with Crippen molar-refractivity contribution in [2.45, 2.75) is 56.6 Å². The molecule has 0 amide bonds. The molecule has 0 unspecified atom stereocenters. The van der Waals surface area contributed by atoms with Crippen molar-refractivity contribution in [3.8, 4) is 0 Å². The topological polar surface area (TPSA) is 65.2 Å². The lowest BCUT2D eigenvalue weighted by Crippen LogP contribution is -2.14. The molecule has 1 rings (SSSR count). The zero-order valence-corrected chi connectivity index (χ0v) is 14.3. The zero-order valence-electron chi connectivity index (χ0n) is 13.5. The Balaban J connectivity index is 3.58. The van der Waals surface area contributed by atoms with E-state index in [1.807, 2.05) is 12.1 Å². The summed E-state index contributed by atoms with van der Waals surface area (Å²) in [6.45, 7) is 12.6. The van der Waals surface area contributed by atoms with Gasteiger partial charge in [0.05, 0.1) is 12.4 Å². The normalized spacial score (nSPS) is 13.4. The first-order chi connectivity index (χ1) is 9.58. The van der Waals surface area contributed by atoms with Crippen LogP contribution in [0, 0.1) is 0 Å². The van der Waals surface area contributed by atoms with Gasteiger partial charge in [-0.3, -0.25) is 0 Å². The van der Waals surface area contributed by atoms with E-state index in [4.69, 9.17) is 10.4 Å². The molecule has 0 aliphatic carbocycles. The van der Waals surface area contributed by atoms with Crippen molar-refractivity contribution >= 4 is 24.2 Å². The molecule has 4 nitrogen and oxygen atoms in total. The maximum Gasteiger partial charge on any atom is 0.0745 e. The number of oxime groups is 2. The van der Waals surface area contributed by atoms with Gasteiger partial charge < -0.3 is 10.4 Å². The average Bonchev–Trinajstić information content (AvgIpc) is 2.30. The Kier molecular flexibility index (Phi) is 5.45. The fourth-order valence-electron chi connectivity index (χ4n) is 1.85. The van der Waals surface area contributed by atoms with Crippen molar-refractivity contribution in [1.82, 2.24) is 0 Å². The molecule has 0 saturated heterocycles. The molecular weight excluding hydrogens is 284 g/mol. The average molecular weight is 308 g/mol. The molecule has 0 atom stereocenters. The molecule has 0 heterocycles. The highest BCUT2D eigenvalue weighted by Gasteiger charge is 2.21. The van der Waals surface area contributed by atoms with Gasteiger partial charge >= 0.3 is 0 Å². The second kappa shape index (κ2) is 6.52. The SMILES string of the molecule is CC(C)(C)Sc1c(/C=N/O)cc(C(C)(C)C)cc1/C=N/O. The summed E-state index contributed by atoms with van der Waals surface area (Å²) in [5, 5.41) is 24.2. The first-order valence-electron chi connectivity index (χ1n) is 6.81. The van der Waals surface area contributed by atoms with Gasteiger partial charge in [-0.05, 0) is 23.1 Å². The van der Waals surface area contributed by atoms with Gasteiger partial charge in [-0.25, -0.2) is 0 Å². The number of benzene rings is 1. The van der Waals surface area contributed by atoms with E-state index in [1.165, 1.54) is 12.4 Å². The largest absolute Gasteiger partial charge is 0.411 e. The van der Waals surface area contributed by atoms with Gasteiger partial charge in [0.1, 0.15) is 0 Å². The van der Waals surface area contributed by atoms with E-state index < -0.39 is 0 Å². The smallest absolute Gasteiger partial charge is 0.0745 e. The molecule has 0 bridgehead atoms. The third-order valence-corrected chi connectivity index (χ3v) is 4.10. The summed E-state index contributed by atoms with van der Waals surface area (Å²) < 4.78 is -0.0145. The molecule has 116 valence electrons. The minimum Gasteiger partial charge on any atom is -0.411 e. The van der Waals surface area contributed by atoms with Crippen molar-refractivity contribution < 1.29 is 10.4 Å². The molecule has 0 fully saturated rings. The summed E-state index contributed by atoms with van der Waals surface area (Å²) in [5.74, 6) is 0. The van der Waals surface area contributed by atoms with Gasteiger partial charge in [0.25, 0.3) is 0 Å². The van der Waals surface area contributed by atoms with Crippen molar-refractivity contribution in [2.75, 3.05) is 0 Å². The van der Waals surface area contributed by atoms with Crippen LogP contribution in [0.4, 0.5) is 0 Å². The second-order valence-electron chi connectivity index (χ2n) is 6.94. The molecule has 0 aliphatic rings. The van der Waals surface area contributed by atoms with E-state index in [9.17, 15) is 0 Å². The van der Waals surface area contributed by atoms with E-state index in [0.29, 0.717) is 0 Å². The monoisotopic (exact) mass is 308 g/mol. The van der Waals surface area contributed by atoms with Crippen LogP contribution in [0.2, 0.25) is 0 Å². The summed E-state index contributed by atoms with van der Waals surface area (Å²) in [5.41, 5.74) is 2.67. The van der Waals surface area contributed by atoms with Gasteiger partial charge in [0.15, 0.2) is 0 Å². The van der Waals surface area contributed by atoms with Crippen molar-refractivity contribution in [2.24, 2.45) is 10.3 Å². The third-order valence-electron chi connectivity index (χ3n) is 2.81. The molecule has 1 aromatic carbocycles. The van der Waals surface area contributed by atoms with Gasteiger partial charge in [0, 0.05) is 20.8 Å². The highest BCUT2D eigenvalue weighted by Crippen LogP contribution is 2.38. The van der Waals surface area contributed by atoms with Crippen LogP contribution in [0.15, 0.2) is 27.3 Å². The summed E-state index contributed by atoms with van der Waals surface area (Å²) in [7, 11) is 0. The molecule has 0 radical (unpaired) electrons. The standard InChI is InChI=1S/C16H24N2O2S/c1-15(2,3)13-7-11(9-17-19)14(21-16(4,5)6)12(8-13)10-18-20/h7-10,19-20H,1-6H3/b17-9+,18-10+. The van der Waals surface area contributed by atoms with Crippen LogP contribution < -0.4 is 0 Å². The summed E-state index contributed by atoms with van der Waals surface area (Å²) in [4.78, 5) is 0.936. The van der Waals surface area contributed by atoms with E-state index in [1.54, 1.807) is 11.8 Å². The minimum atomic E-state index is -0.0545. The van der Waals surface area contributed by atoms with Crippen LogP contribution in [-0.2, 0) is 5.41 Å². The molecule has 0 aromatic heterocycles. The first-order valence-corrected chi connectivity index (χ1v) is 7.62. The molecule has 5 heteroatoms. The Hall–Kier alpha value is -1.49. The van der Waals surface area contributed by atoms with Crippen LogP contribution in [0.5, 0.6) is 0 Å². The van der Waals surface area contributed by atoms with Crippen LogP contribution in [0.1, 0.15) is 58.2 Å². The number of thioether (sulfide) groups is 1. The Morgan fingerprint density at radius 1 is 0.905 bits per heavy atom. The van der Waals surface area contributed by atoms with Gasteiger partial charge in [-0.15, -0.1) is 11.8 Å². The van der Waals surface area contributed by atoms with Crippen molar-refractivity contribution in [3.05, 3.63) is 28.8 Å². The van der Waals surface area contributed by atoms with Gasteiger partial charge in [-0.1, -0.05) is 51.9 Å². The van der Waals surface area contributed by atoms with Gasteiger partial charge in [-0.2, -0.15) is 0 Å². The predicted octanol–water partition coefficient (Wildman–Crippen LogP) is 4.49. The Morgan fingerprint density at radius 2 is 1.33 bits per heavy atom. The molecule has 1 aromatic rings. The highest BCUT2D eigenvalue weighted by atomic mass is 32.2. The van der Waals surface area contributed by atoms with E-state index >= 15 is 0 Å². The second-order valence-corrected chi connectivity index (χ2v) is 8.77. The highest BCUT2D eigenvalue weighted by molar-refractivity contribution is 8.00. The lowest BCUT2D eigenvalue weighted by molar-refractivity contribution is 0.321. The van der Waals surface area contributed by atoms with Crippen molar-refractivity contribution in [1.29, 1.82) is 0 Å². The maximum atomic E-state index is 8.93.